The van der Waals surface area contributed by atoms with E-state index >= 15 is 0 Å². The Labute approximate surface area is 189 Å². The number of benzene rings is 2. The first-order chi connectivity index (χ1) is 15.5. The molecule has 0 aromatic heterocycles. The van der Waals surface area contributed by atoms with E-state index in [0.717, 1.165) is 49.7 Å². The maximum Gasteiger partial charge on any atom is 0.290 e. The van der Waals surface area contributed by atoms with Gasteiger partial charge in [0, 0.05) is 6.04 Å². The van der Waals surface area contributed by atoms with Crippen LogP contribution in [0.15, 0.2) is 59.9 Å². The number of hydrogen-bond acceptors (Lipinski definition) is 3. The van der Waals surface area contributed by atoms with Gasteiger partial charge in [0.1, 0.15) is 0 Å². The molecule has 2 aromatic rings. The zero-order valence-corrected chi connectivity index (χ0v) is 18.5. The van der Waals surface area contributed by atoms with Gasteiger partial charge in [0.05, 0.1) is 18.2 Å². The van der Waals surface area contributed by atoms with Crippen LogP contribution >= 0.6 is 0 Å². The lowest BCUT2D eigenvalue weighted by molar-refractivity contribution is -0.130. The molecule has 3 aliphatic rings. The molecule has 5 heteroatoms. The highest BCUT2D eigenvalue weighted by Crippen LogP contribution is 2.39. The molecule has 1 unspecified atom stereocenters. The summed E-state index contributed by atoms with van der Waals surface area (Å²) in [5.74, 6) is -0.584. The van der Waals surface area contributed by atoms with Crippen LogP contribution in [0.2, 0.25) is 0 Å². The lowest BCUT2D eigenvalue weighted by Gasteiger charge is -2.29. The van der Waals surface area contributed by atoms with Crippen LogP contribution in [-0.4, -0.2) is 34.4 Å². The van der Waals surface area contributed by atoms with Crippen molar-refractivity contribution in [3.05, 3.63) is 82.1 Å². The van der Waals surface area contributed by atoms with Gasteiger partial charge in [-0.15, -0.1) is 0 Å². The predicted molar refractivity (Wildman–Crippen MR) is 123 cm³/mol. The molecule has 5 rings (SSSR count). The maximum atomic E-state index is 13.0. The zero-order chi connectivity index (χ0) is 22.2. The molecule has 0 radical (unpaired) electrons. The number of carbonyl (C=O) groups excluding carboxylic acids is 2. The van der Waals surface area contributed by atoms with Gasteiger partial charge in [0.2, 0.25) is 0 Å². The van der Waals surface area contributed by atoms with Crippen molar-refractivity contribution in [2.24, 2.45) is 0 Å². The van der Waals surface area contributed by atoms with Gasteiger partial charge in [-0.2, -0.15) is 0 Å². The van der Waals surface area contributed by atoms with Crippen LogP contribution in [0.25, 0.3) is 0 Å². The summed E-state index contributed by atoms with van der Waals surface area (Å²) in [6.07, 6.45) is 5.62. The van der Waals surface area contributed by atoms with Crippen LogP contribution in [0.1, 0.15) is 66.3 Å². The molecule has 2 amide bonds. The minimum Gasteiger partial charge on any atom is -0.503 e. The van der Waals surface area contributed by atoms with Crippen molar-refractivity contribution in [3.8, 4) is 0 Å². The van der Waals surface area contributed by atoms with Gasteiger partial charge in [-0.25, -0.2) is 0 Å². The number of aryl methyl sites for hydroxylation is 2. The Morgan fingerprint density at radius 1 is 1.03 bits per heavy atom. The molecule has 1 fully saturated rings. The van der Waals surface area contributed by atoms with E-state index in [-0.39, 0.29) is 35.9 Å². The Morgan fingerprint density at radius 2 is 1.78 bits per heavy atom. The molecule has 5 nitrogen and oxygen atoms in total. The van der Waals surface area contributed by atoms with E-state index in [0.29, 0.717) is 5.92 Å². The summed E-state index contributed by atoms with van der Waals surface area (Å²) < 4.78 is 0. The average molecular weight is 431 g/mol. The smallest absolute Gasteiger partial charge is 0.290 e. The fourth-order valence-corrected chi connectivity index (χ4v) is 5.61. The van der Waals surface area contributed by atoms with E-state index in [1.165, 1.54) is 11.1 Å². The second kappa shape index (κ2) is 8.45. The van der Waals surface area contributed by atoms with Crippen LogP contribution in [0, 0.1) is 6.92 Å². The van der Waals surface area contributed by atoms with Crippen molar-refractivity contribution in [1.82, 2.24) is 10.2 Å². The molecule has 1 saturated carbocycles. The number of aliphatic hydroxyl groups excluding tert-OH is 1. The Morgan fingerprint density at radius 3 is 2.53 bits per heavy atom. The molecule has 1 aliphatic heterocycles. The van der Waals surface area contributed by atoms with Crippen molar-refractivity contribution >= 4 is 11.8 Å². The molecular weight excluding hydrogens is 400 g/mol. The summed E-state index contributed by atoms with van der Waals surface area (Å²) in [7, 11) is 0. The number of rotatable bonds is 4. The van der Waals surface area contributed by atoms with E-state index in [1.807, 2.05) is 13.0 Å². The average Bonchev–Trinajstić information content (AvgIpc) is 3.35. The highest BCUT2D eigenvalue weighted by molar-refractivity contribution is 6.07. The Balaban J connectivity index is 1.22. The summed E-state index contributed by atoms with van der Waals surface area (Å²) in [6.45, 7) is 2.22. The summed E-state index contributed by atoms with van der Waals surface area (Å²) >= 11 is 0. The highest BCUT2D eigenvalue weighted by Gasteiger charge is 2.41. The van der Waals surface area contributed by atoms with E-state index in [9.17, 15) is 14.7 Å². The summed E-state index contributed by atoms with van der Waals surface area (Å²) in [4.78, 5) is 27.5. The standard InChI is InChI=1S/C27H30N2O3/c1-17-7-8-20-11-14-24(22(20)15-17)29-16-23(25(30)27(29)32)26(31)28-21-12-9-19(10-13-21)18-5-3-2-4-6-18/h2-8,15,19,21,24,30H,9-14,16H2,1H3,(H,28,31)/t19-,21+,24?. The lowest BCUT2D eigenvalue weighted by atomic mass is 9.82. The minimum absolute atomic E-state index is 0.0776. The molecule has 0 saturated heterocycles. The Bertz CT molecular complexity index is 1070. The Kier molecular flexibility index (Phi) is 5.50. The quantitative estimate of drug-likeness (QED) is 0.751. The van der Waals surface area contributed by atoms with Crippen molar-refractivity contribution in [2.45, 2.75) is 63.5 Å². The van der Waals surface area contributed by atoms with Crippen LogP contribution in [0.5, 0.6) is 0 Å². The first-order valence-electron chi connectivity index (χ1n) is 11.7. The van der Waals surface area contributed by atoms with Gasteiger partial charge >= 0.3 is 0 Å². The number of fused-ring (bicyclic) bond motifs is 1. The number of carbonyl (C=O) groups is 2. The fraction of sp³-hybridized carbons (Fsp3) is 0.407. The number of nitrogens with one attached hydrogen (secondary N) is 1. The second-order valence-electron chi connectivity index (χ2n) is 9.45. The number of aliphatic hydroxyl groups is 1. The molecule has 0 spiro atoms. The SMILES string of the molecule is Cc1ccc2c(c1)C(N1CC(C(=O)N[C@H]3CC[C@@H](c4ccccc4)CC3)=C(O)C1=O)CC2. The van der Waals surface area contributed by atoms with E-state index in [1.54, 1.807) is 4.90 Å². The van der Waals surface area contributed by atoms with Crippen molar-refractivity contribution in [2.75, 3.05) is 6.54 Å². The molecule has 1 heterocycles. The van der Waals surface area contributed by atoms with Gasteiger partial charge in [0.15, 0.2) is 5.76 Å². The minimum atomic E-state index is -0.428. The maximum absolute atomic E-state index is 13.0. The summed E-state index contributed by atoms with van der Waals surface area (Å²) in [6, 6.07) is 16.9. The van der Waals surface area contributed by atoms with Crippen LogP contribution in [-0.2, 0) is 16.0 Å². The van der Waals surface area contributed by atoms with E-state index in [2.05, 4.69) is 47.8 Å². The van der Waals surface area contributed by atoms with Gasteiger partial charge in [0.25, 0.3) is 11.8 Å². The van der Waals surface area contributed by atoms with Crippen molar-refractivity contribution in [3.63, 3.8) is 0 Å². The third-order valence-electron chi connectivity index (χ3n) is 7.41. The zero-order valence-electron chi connectivity index (χ0n) is 18.5. The third-order valence-corrected chi connectivity index (χ3v) is 7.41. The highest BCUT2D eigenvalue weighted by atomic mass is 16.3. The largest absolute Gasteiger partial charge is 0.503 e. The first-order valence-corrected chi connectivity index (χ1v) is 11.7. The predicted octanol–water partition coefficient (Wildman–Crippen LogP) is 4.48. The summed E-state index contributed by atoms with van der Waals surface area (Å²) in [5, 5.41) is 13.6. The normalized spacial score (nSPS) is 25.2. The van der Waals surface area contributed by atoms with Crippen molar-refractivity contribution < 1.29 is 14.7 Å². The second-order valence-corrected chi connectivity index (χ2v) is 9.45. The van der Waals surface area contributed by atoms with Crippen LogP contribution in [0.4, 0.5) is 0 Å². The van der Waals surface area contributed by atoms with Gasteiger partial charge in [-0.05, 0) is 68.1 Å². The van der Waals surface area contributed by atoms with Crippen LogP contribution < -0.4 is 5.32 Å². The van der Waals surface area contributed by atoms with Crippen molar-refractivity contribution in [1.29, 1.82) is 0 Å². The molecule has 2 N–H and O–H groups in total. The van der Waals surface area contributed by atoms with Gasteiger partial charge in [-0.1, -0.05) is 54.1 Å². The fourth-order valence-electron chi connectivity index (χ4n) is 5.61. The van der Waals surface area contributed by atoms with Gasteiger partial charge in [-0.3, -0.25) is 9.59 Å². The molecule has 2 aliphatic carbocycles. The van der Waals surface area contributed by atoms with Gasteiger partial charge < -0.3 is 15.3 Å². The summed E-state index contributed by atoms with van der Waals surface area (Å²) in [5.41, 5.74) is 5.12. The first kappa shape index (κ1) is 20.8. The molecular formula is C27H30N2O3. The molecule has 2 aromatic carbocycles. The van der Waals surface area contributed by atoms with Crippen LogP contribution in [0.3, 0.4) is 0 Å². The molecule has 166 valence electrons. The molecule has 0 bridgehead atoms. The monoisotopic (exact) mass is 430 g/mol. The number of hydrogen-bond donors (Lipinski definition) is 2. The number of amides is 2. The molecule has 1 atom stereocenters. The topological polar surface area (TPSA) is 69.6 Å². The Hall–Kier alpha value is -3.08. The lowest BCUT2D eigenvalue weighted by Crippen LogP contribution is -2.39. The van der Waals surface area contributed by atoms with E-state index in [4.69, 9.17) is 0 Å². The number of nitrogens with zero attached hydrogens (tertiary/aromatic N) is 1. The van der Waals surface area contributed by atoms with E-state index < -0.39 is 5.91 Å². The molecule has 32 heavy (non-hydrogen) atoms. The third kappa shape index (κ3) is 3.81.